The van der Waals surface area contributed by atoms with Crippen LogP contribution in [-0.4, -0.2) is 48.6 Å². The third-order valence-corrected chi connectivity index (χ3v) is 12.0. The quantitative estimate of drug-likeness (QED) is 0.0496. The molecule has 1 saturated heterocycles. The molecule has 0 amide bonds. The fourth-order valence-corrected chi connectivity index (χ4v) is 9.09. The molecule has 0 aromatic heterocycles. The maximum Gasteiger partial charge on any atom is 0.0895 e. The lowest BCUT2D eigenvalue weighted by Gasteiger charge is -2.43. The summed E-state index contributed by atoms with van der Waals surface area (Å²) in [6.45, 7) is 17.4. The molecule has 284 valence electrons. The van der Waals surface area contributed by atoms with Gasteiger partial charge in [0.15, 0.2) is 0 Å². The lowest BCUT2D eigenvalue weighted by molar-refractivity contribution is 0.0816. The van der Waals surface area contributed by atoms with Gasteiger partial charge in [0, 0.05) is 5.75 Å². The Morgan fingerprint density at radius 2 is 0.854 bits per heavy atom. The molecule has 0 aliphatic carbocycles. The van der Waals surface area contributed by atoms with Crippen molar-refractivity contribution in [2.75, 3.05) is 25.4 Å². The maximum atomic E-state index is 7.02. The van der Waals surface area contributed by atoms with Gasteiger partial charge in [0.05, 0.1) is 29.2 Å². The molecule has 0 aromatic carbocycles. The highest BCUT2D eigenvalue weighted by Crippen LogP contribution is 2.56. The molecule has 3 atom stereocenters. The largest absolute Gasteiger partial charge is 0.303 e. The summed E-state index contributed by atoms with van der Waals surface area (Å²) in [4.78, 5) is 2.64. The first-order valence-electron chi connectivity index (χ1n) is 21.0. The average Bonchev–Trinajstić information content (AvgIpc) is 3.59. The standard InChI is InChI=1S/C43H83NO3S/c1-7-10-13-16-19-22-27-34-41(4)45-48(40-33-26-25-30-37-44-38-31-32-39-44,46-42(5)35-28-23-20-17-14-11-8-2)47-43(6)36-29-24-21-18-15-12-9-3/h19-24,41-43H,7-18,25-40H2,1-6H3/b22-19-,23-20-,24-21-. The topological polar surface area (TPSA) is 30.9 Å². The van der Waals surface area contributed by atoms with Crippen LogP contribution in [0.1, 0.15) is 196 Å². The van der Waals surface area contributed by atoms with Crippen molar-refractivity contribution in [2.24, 2.45) is 0 Å². The molecule has 1 aliphatic rings. The van der Waals surface area contributed by atoms with Gasteiger partial charge in [-0.2, -0.15) is 0 Å². The summed E-state index contributed by atoms with van der Waals surface area (Å²) in [5.74, 6) is 0.877. The predicted octanol–water partition coefficient (Wildman–Crippen LogP) is 14.2. The van der Waals surface area contributed by atoms with Crippen molar-refractivity contribution in [1.82, 2.24) is 4.90 Å². The predicted molar refractivity (Wildman–Crippen MR) is 216 cm³/mol. The van der Waals surface area contributed by atoms with E-state index in [9.17, 15) is 0 Å². The van der Waals surface area contributed by atoms with E-state index in [0.29, 0.717) is 0 Å². The zero-order valence-electron chi connectivity index (χ0n) is 33.1. The Labute approximate surface area is 303 Å². The summed E-state index contributed by atoms with van der Waals surface area (Å²) in [5, 5.41) is 0. The van der Waals surface area contributed by atoms with E-state index in [1.54, 1.807) is 0 Å². The molecule has 3 unspecified atom stereocenters. The Morgan fingerprint density at radius 3 is 1.25 bits per heavy atom. The zero-order valence-corrected chi connectivity index (χ0v) is 33.9. The van der Waals surface area contributed by atoms with Crippen LogP contribution in [0.2, 0.25) is 0 Å². The Balaban J connectivity index is 2.90. The first-order valence-corrected chi connectivity index (χ1v) is 22.5. The van der Waals surface area contributed by atoms with E-state index in [2.05, 4.69) is 82.9 Å². The number of nitrogens with zero attached hydrogens (tertiary/aromatic N) is 1. The Hall–Kier alpha value is -0.590. The SMILES string of the molecule is CCCCC/C=C\CCC(C)OS(CCCCCCN1CCCC1)(OC(C)CC/C=C\CCCCC)OC(C)CC/C=C\CCCCC. The van der Waals surface area contributed by atoms with E-state index in [4.69, 9.17) is 12.5 Å². The van der Waals surface area contributed by atoms with Crippen LogP contribution in [-0.2, 0) is 12.5 Å². The van der Waals surface area contributed by atoms with Gasteiger partial charge in [-0.3, -0.25) is 12.5 Å². The number of likely N-dealkylation sites (tertiary alicyclic amines) is 1. The van der Waals surface area contributed by atoms with E-state index in [0.717, 1.165) is 50.7 Å². The summed E-state index contributed by atoms with van der Waals surface area (Å²) >= 11 is 0. The minimum absolute atomic E-state index is 0.104. The lowest BCUT2D eigenvalue weighted by Crippen LogP contribution is -2.27. The highest BCUT2D eigenvalue weighted by Gasteiger charge is 2.33. The van der Waals surface area contributed by atoms with Gasteiger partial charge in [-0.1, -0.05) is 109 Å². The van der Waals surface area contributed by atoms with Crippen LogP contribution in [0.4, 0.5) is 0 Å². The van der Waals surface area contributed by atoms with Crippen molar-refractivity contribution in [3.8, 4) is 0 Å². The fraction of sp³-hybridized carbons (Fsp3) is 0.860. The van der Waals surface area contributed by atoms with Crippen molar-refractivity contribution in [3.05, 3.63) is 36.5 Å². The van der Waals surface area contributed by atoms with Crippen molar-refractivity contribution in [2.45, 2.75) is 214 Å². The molecule has 0 radical (unpaired) electrons. The first kappa shape index (κ1) is 45.4. The average molecular weight is 694 g/mol. The molecule has 5 heteroatoms. The van der Waals surface area contributed by atoms with E-state index in [-0.39, 0.29) is 18.3 Å². The van der Waals surface area contributed by atoms with Crippen LogP contribution in [0.3, 0.4) is 0 Å². The number of rotatable bonds is 34. The van der Waals surface area contributed by atoms with Gasteiger partial charge >= 0.3 is 0 Å². The van der Waals surface area contributed by atoms with Crippen LogP contribution >= 0.6 is 10.9 Å². The molecule has 0 saturated carbocycles. The molecule has 1 aliphatic heterocycles. The fourth-order valence-electron chi connectivity index (χ4n) is 6.32. The van der Waals surface area contributed by atoms with Crippen molar-refractivity contribution in [3.63, 3.8) is 0 Å². The second-order valence-electron chi connectivity index (χ2n) is 14.6. The monoisotopic (exact) mass is 694 g/mol. The second-order valence-corrected chi connectivity index (χ2v) is 16.7. The van der Waals surface area contributed by atoms with Gasteiger partial charge in [-0.15, -0.1) is 0 Å². The molecule has 48 heavy (non-hydrogen) atoms. The van der Waals surface area contributed by atoms with Crippen LogP contribution in [0, 0.1) is 0 Å². The number of unbranched alkanes of at least 4 members (excludes halogenated alkanes) is 12. The summed E-state index contributed by atoms with van der Waals surface area (Å²) < 4.78 is 21.0. The van der Waals surface area contributed by atoms with Gasteiger partial charge in [0.1, 0.15) is 0 Å². The summed E-state index contributed by atoms with van der Waals surface area (Å²) in [7, 11) is -2.14. The van der Waals surface area contributed by atoms with Gasteiger partial charge in [-0.25, -0.2) is 0 Å². The lowest BCUT2D eigenvalue weighted by atomic mass is 10.1. The van der Waals surface area contributed by atoms with Crippen molar-refractivity contribution in [1.29, 1.82) is 0 Å². The summed E-state index contributed by atoms with van der Waals surface area (Å²) in [5.41, 5.74) is 0. The van der Waals surface area contributed by atoms with Crippen LogP contribution in [0.5, 0.6) is 0 Å². The third kappa shape index (κ3) is 26.3. The third-order valence-electron chi connectivity index (χ3n) is 9.39. The molecule has 1 heterocycles. The Bertz CT molecular complexity index is 699. The minimum atomic E-state index is -2.14. The Morgan fingerprint density at radius 1 is 0.479 bits per heavy atom. The number of hydrogen-bond donors (Lipinski definition) is 0. The summed E-state index contributed by atoms with van der Waals surface area (Å²) in [6, 6.07) is 0. The van der Waals surface area contributed by atoms with Crippen molar-refractivity contribution < 1.29 is 12.5 Å². The number of allylic oxidation sites excluding steroid dienone is 6. The molecule has 1 fully saturated rings. The summed E-state index contributed by atoms with van der Waals surface area (Å²) in [6.07, 6.45) is 43.6. The van der Waals surface area contributed by atoms with Crippen LogP contribution < -0.4 is 0 Å². The van der Waals surface area contributed by atoms with Crippen molar-refractivity contribution >= 4 is 10.9 Å². The van der Waals surface area contributed by atoms with E-state index < -0.39 is 10.9 Å². The zero-order chi connectivity index (χ0) is 35.0. The van der Waals surface area contributed by atoms with Crippen LogP contribution in [0.25, 0.3) is 0 Å². The van der Waals surface area contributed by atoms with Gasteiger partial charge in [0.2, 0.25) is 0 Å². The molecule has 0 spiro atoms. The highest BCUT2D eigenvalue weighted by atomic mass is 32.3. The van der Waals surface area contributed by atoms with E-state index in [1.807, 2.05) is 0 Å². The normalized spacial score (nSPS) is 18.3. The highest BCUT2D eigenvalue weighted by molar-refractivity contribution is 8.21. The molecular weight excluding hydrogens is 611 g/mol. The molecule has 0 bridgehead atoms. The minimum Gasteiger partial charge on any atom is -0.303 e. The van der Waals surface area contributed by atoms with E-state index in [1.165, 1.54) is 129 Å². The smallest absolute Gasteiger partial charge is 0.0895 e. The van der Waals surface area contributed by atoms with Gasteiger partial charge in [0.25, 0.3) is 0 Å². The molecule has 0 N–H and O–H groups in total. The van der Waals surface area contributed by atoms with Gasteiger partial charge in [-0.05, 0) is 143 Å². The molecule has 4 nitrogen and oxygen atoms in total. The molecule has 0 aromatic rings. The molecule has 1 rings (SSSR count). The second kappa shape index (κ2) is 32.3. The van der Waals surface area contributed by atoms with Crippen LogP contribution in [0.15, 0.2) is 36.5 Å². The number of hydrogen-bond acceptors (Lipinski definition) is 4. The Kier molecular flexibility index (Phi) is 30.6. The van der Waals surface area contributed by atoms with Gasteiger partial charge < -0.3 is 4.90 Å². The maximum absolute atomic E-state index is 7.02. The first-order chi connectivity index (χ1) is 23.4. The molecular formula is C43H83NO3S. The van der Waals surface area contributed by atoms with E-state index >= 15 is 0 Å².